The van der Waals surface area contributed by atoms with Crippen LogP contribution in [0.5, 0.6) is 0 Å². The van der Waals surface area contributed by atoms with Gasteiger partial charge in [-0.15, -0.1) is 0 Å². The molecule has 0 amide bonds. The predicted molar refractivity (Wildman–Crippen MR) is 78.5 cm³/mol. The van der Waals surface area contributed by atoms with Crippen molar-refractivity contribution in [3.63, 3.8) is 0 Å². The third-order valence-corrected chi connectivity index (χ3v) is 3.57. The van der Waals surface area contributed by atoms with E-state index in [9.17, 15) is 4.79 Å². The van der Waals surface area contributed by atoms with E-state index in [1.165, 1.54) is 5.56 Å². The van der Waals surface area contributed by atoms with Crippen molar-refractivity contribution in [2.45, 2.75) is 33.1 Å². The summed E-state index contributed by atoms with van der Waals surface area (Å²) in [5.41, 5.74) is 4.55. The Morgan fingerprint density at radius 2 is 1.80 bits per heavy atom. The number of carbonyl (C=O) groups excluding carboxylic acids is 1. The van der Waals surface area contributed by atoms with Crippen molar-refractivity contribution < 1.29 is 4.79 Å². The van der Waals surface area contributed by atoms with Crippen LogP contribution in [-0.2, 0) is 6.42 Å². The van der Waals surface area contributed by atoms with Crippen molar-refractivity contribution in [3.05, 3.63) is 46.8 Å². The summed E-state index contributed by atoms with van der Waals surface area (Å²) >= 11 is 0. The second-order valence-electron chi connectivity index (χ2n) is 5.22. The Kier molecular flexibility index (Phi) is 3.22. The molecule has 1 aliphatic carbocycles. The highest BCUT2D eigenvalue weighted by Gasteiger charge is 2.22. The van der Waals surface area contributed by atoms with Gasteiger partial charge >= 0.3 is 0 Å². The number of nitrogens with zero attached hydrogens (tertiary/aromatic N) is 2. The molecule has 20 heavy (non-hydrogen) atoms. The Morgan fingerprint density at radius 3 is 2.55 bits per heavy atom. The lowest BCUT2D eigenvalue weighted by molar-refractivity contribution is 0.0970. The number of rotatable bonds is 2. The number of aromatic nitrogens is 2. The normalized spacial score (nSPS) is 14.0. The number of carbonyl (C=O) groups is 1. The van der Waals surface area contributed by atoms with Crippen LogP contribution in [0.4, 0.5) is 11.6 Å². The summed E-state index contributed by atoms with van der Waals surface area (Å²) < 4.78 is 0. The fourth-order valence-corrected chi connectivity index (χ4v) is 2.54. The minimum atomic E-state index is 0.172. The summed E-state index contributed by atoms with van der Waals surface area (Å²) in [5, 5.41) is 3.20. The molecule has 3 rings (SSSR count). The number of hydrogen-bond acceptors (Lipinski definition) is 4. The fraction of sp³-hybridized carbons (Fsp3) is 0.312. The first-order valence-corrected chi connectivity index (χ1v) is 6.88. The van der Waals surface area contributed by atoms with Crippen LogP contribution >= 0.6 is 0 Å². The smallest absolute Gasteiger partial charge is 0.227 e. The number of aryl methyl sites for hydroxylation is 3. The molecular weight excluding hydrogens is 250 g/mol. The summed E-state index contributed by atoms with van der Waals surface area (Å²) in [6, 6.07) is 8.07. The van der Waals surface area contributed by atoms with E-state index in [0.717, 1.165) is 35.5 Å². The summed E-state index contributed by atoms with van der Waals surface area (Å²) in [4.78, 5) is 20.8. The standard InChI is InChI=1S/C16H17N3O/c1-10-6-8-12(9-7-10)18-16-17-11(2)15-13(19-16)4-3-5-14(15)20/h6-9H,3-5H2,1-2H3,(H,17,18,19). The Balaban J connectivity index is 1.93. The lowest BCUT2D eigenvalue weighted by atomic mass is 9.94. The minimum absolute atomic E-state index is 0.172. The number of anilines is 2. The molecule has 0 unspecified atom stereocenters. The van der Waals surface area contributed by atoms with E-state index in [1.807, 2.05) is 31.2 Å². The molecule has 0 saturated heterocycles. The molecule has 0 bridgehead atoms. The average molecular weight is 267 g/mol. The zero-order chi connectivity index (χ0) is 14.1. The first-order valence-electron chi connectivity index (χ1n) is 6.88. The van der Waals surface area contributed by atoms with E-state index in [0.29, 0.717) is 12.4 Å². The molecular formula is C16H17N3O. The van der Waals surface area contributed by atoms with E-state index in [1.54, 1.807) is 0 Å². The quantitative estimate of drug-likeness (QED) is 0.906. The van der Waals surface area contributed by atoms with Crippen LogP contribution < -0.4 is 5.32 Å². The highest BCUT2D eigenvalue weighted by Crippen LogP contribution is 2.24. The van der Waals surface area contributed by atoms with Gasteiger partial charge in [-0.05, 0) is 38.8 Å². The van der Waals surface area contributed by atoms with Gasteiger partial charge in [-0.3, -0.25) is 4.79 Å². The van der Waals surface area contributed by atoms with Gasteiger partial charge in [-0.1, -0.05) is 17.7 Å². The van der Waals surface area contributed by atoms with Gasteiger partial charge < -0.3 is 5.32 Å². The lowest BCUT2D eigenvalue weighted by Crippen LogP contribution is -2.17. The molecule has 0 aliphatic heterocycles. The Labute approximate surface area is 118 Å². The summed E-state index contributed by atoms with van der Waals surface area (Å²) in [7, 11) is 0. The number of ketones is 1. The molecule has 0 spiro atoms. The molecule has 0 fully saturated rings. The zero-order valence-corrected chi connectivity index (χ0v) is 11.7. The van der Waals surface area contributed by atoms with Gasteiger partial charge in [0.1, 0.15) is 0 Å². The Hall–Kier alpha value is -2.23. The molecule has 0 radical (unpaired) electrons. The van der Waals surface area contributed by atoms with Gasteiger partial charge in [-0.2, -0.15) is 0 Å². The van der Waals surface area contributed by atoms with Gasteiger partial charge in [0.05, 0.1) is 17.0 Å². The van der Waals surface area contributed by atoms with Crippen LogP contribution in [0.25, 0.3) is 0 Å². The van der Waals surface area contributed by atoms with Crippen LogP contribution in [0, 0.1) is 13.8 Å². The Bertz CT molecular complexity index is 662. The summed E-state index contributed by atoms with van der Waals surface area (Å²) in [5.74, 6) is 0.741. The monoisotopic (exact) mass is 267 g/mol. The zero-order valence-electron chi connectivity index (χ0n) is 11.7. The molecule has 0 saturated carbocycles. The highest BCUT2D eigenvalue weighted by atomic mass is 16.1. The van der Waals surface area contributed by atoms with Crippen LogP contribution in [0.2, 0.25) is 0 Å². The van der Waals surface area contributed by atoms with E-state index in [2.05, 4.69) is 22.2 Å². The SMILES string of the molecule is Cc1ccc(Nc2nc(C)c3c(n2)CCCC3=O)cc1. The number of hydrogen-bond donors (Lipinski definition) is 1. The predicted octanol–water partition coefficient (Wildman–Crippen LogP) is 3.36. The molecule has 1 aromatic heterocycles. The summed E-state index contributed by atoms with van der Waals surface area (Å²) in [6.07, 6.45) is 2.35. The first kappa shape index (κ1) is 12.8. The number of nitrogens with one attached hydrogen (secondary N) is 1. The number of fused-ring (bicyclic) bond motifs is 1. The van der Waals surface area contributed by atoms with Crippen molar-refractivity contribution in [3.8, 4) is 0 Å². The van der Waals surface area contributed by atoms with Gasteiger partial charge in [0.25, 0.3) is 0 Å². The fourth-order valence-electron chi connectivity index (χ4n) is 2.54. The van der Waals surface area contributed by atoms with Gasteiger partial charge in [-0.25, -0.2) is 9.97 Å². The summed E-state index contributed by atoms with van der Waals surface area (Å²) in [6.45, 7) is 3.93. The largest absolute Gasteiger partial charge is 0.324 e. The van der Waals surface area contributed by atoms with Crippen molar-refractivity contribution in [1.82, 2.24) is 9.97 Å². The average Bonchev–Trinajstić information content (AvgIpc) is 2.41. The topological polar surface area (TPSA) is 54.9 Å². The molecule has 1 heterocycles. The lowest BCUT2D eigenvalue weighted by Gasteiger charge is -2.17. The first-order chi connectivity index (χ1) is 9.63. The van der Waals surface area contributed by atoms with Crippen LogP contribution in [0.15, 0.2) is 24.3 Å². The molecule has 4 nitrogen and oxygen atoms in total. The van der Waals surface area contributed by atoms with E-state index < -0.39 is 0 Å². The molecule has 4 heteroatoms. The second-order valence-corrected chi connectivity index (χ2v) is 5.22. The van der Waals surface area contributed by atoms with Gasteiger partial charge in [0, 0.05) is 12.1 Å². The van der Waals surface area contributed by atoms with Crippen molar-refractivity contribution in [1.29, 1.82) is 0 Å². The van der Waals surface area contributed by atoms with Crippen molar-refractivity contribution in [2.75, 3.05) is 5.32 Å². The molecule has 0 atom stereocenters. The van der Waals surface area contributed by atoms with E-state index in [4.69, 9.17) is 0 Å². The van der Waals surface area contributed by atoms with Crippen LogP contribution in [0.1, 0.15) is 40.2 Å². The maximum atomic E-state index is 11.9. The molecule has 1 aromatic carbocycles. The highest BCUT2D eigenvalue weighted by molar-refractivity contribution is 5.99. The number of Topliss-reactive ketones (excluding diaryl/α,β-unsaturated/α-hetero) is 1. The third kappa shape index (κ3) is 2.41. The van der Waals surface area contributed by atoms with E-state index >= 15 is 0 Å². The second kappa shape index (κ2) is 5.04. The molecule has 1 aliphatic rings. The van der Waals surface area contributed by atoms with Gasteiger partial charge in [0.15, 0.2) is 5.78 Å². The molecule has 2 aromatic rings. The van der Waals surface area contributed by atoms with E-state index in [-0.39, 0.29) is 5.78 Å². The third-order valence-electron chi connectivity index (χ3n) is 3.57. The number of benzene rings is 1. The maximum absolute atomic E-state index is 11.9. The van der Waals surface area contributed by atoms with Crippen LogP contribution in [0.3, 0.4) is 0 Å². The molecule has 1 N–H and O–H groups in total. The van der Waals surface area contributed by atoms with Crippen LogP contribution in [-0.4, -0.2) is 15.8 Å². The van der Waals surface area contributed by atoms with Gasteiger partial charge in [0.2, 0.25) is 5.95 Å². The van der Waals surface area contributed by atoms with Crippen molar-refractivity contribution >= 4 is 17.4 Å². The maximum Gasteiger partial charge on any atom is 0.227 e. The Morgan fingerprint density at radius 1 is 1.05 bits per heavy atom. The minimum Gasteiger partial charge on any atom is -0.324 e. The van der Waals surface area contributed by atoms with Crippen molar-refractivity contribution in [2.24, 2.45) is 0 Å². The molecule has 102 valence electrons.